The van der Waals surface area contributed by atoms with E-state index in [9.17, 15) is 4.79 Å². The molecule has 0 aliphatic rings. The van der Waals surface area contributed by atoms with E-state index in [2.05, 4.69) is 11.4 Å². The first kappa shape index (κ1) is 7.48. The number of rotatable bonds is 3. The van der Waals surface area contributed by atoms with Gasteiger partial charge in [0.2, 0.25) is 0 Å². The molecule has 54 valence electrons. The van der Waals surface area contributed by atoms with E-state index in [1.54, 1.807) is 11.3 Å². The zero-order chi connectivity index (χ0) is 7.40. The highest BCUT2D eigenvalue weighted by Gasteiger charge is 2.00. The lowest BCUT2D eigenvalue weighted by Gasteiger charge is -1.97. The molecule has 0 N–H and O–H groups in total. The second kappa shape index (κ2) is 3.52. The SMILES string of the molecule is CC(C=O)Cc1ccsc1. The molecule has 2 heteroatoms. The van der Waals surface area contributed by atoms with Crippen molar-refractivity contribution in [3.63, 3.8) is 0 Å². The Morgan fingerprint density at radius 2 is 2.60 bits per heavy atom. The van der Waals surface area contributed by atoms with Crippen LogP contribution in [0, 0.1) is 5.92 Å². The van der Waals surface area contributed by atoms with Crippen molar-refractivity contribution >= 4 is 17.6 Å². The van der Waals surface area contributed by atoms with Crippen molar-refractivity contribution in [3.8, 4) is 0 Å². The first-order valence-corrected chi connectivity index (χ1v) is 4.23. The van der Waals surface area contributed by atoms with Gasteiger partial charge in [-0.25, -0.2) is 0 Å². The Bertz CT molecular complexity index is 191. The first-order valence-electron chi connectivity index (χ1n) is 3.29. The fourth-order valence-electron chi connectivity index (χ4n) is 0.829. The molecule has 0 aliphatic carbocycles. The molecule has 0 spiro atoms. The highest BCUT2D eigenvalue weighted by Crippen LogP contribution is 2.10. The van der Waals surface area contributed by atoms with E-state index < -0.39 is 0 Å². The molecule has 0 saturated carbocycles. The Kier molecular flexibility index (Phi) is 2.63. The largest absolute Gasteiger partial charge is 0.303 e. The Morgan fingerprint density at radius 1 is 1.80 bits per heavy atom. The normalized spacial score (nSPS) is 12.9. The maximum absolute atomic E-state index is 10.2. The summed E-state index contributed by atoms with van der Waals surface area (Å²) in [5.74, 6) is 0.162. The second-order valence-corrected chi connectivity index (χ2v) is 3.23. The summed E-state index contributed by atoms with van der Waals surface area (Å²) in [6, 6.07) is 2.06. The number of hydrogen-bond donors (Lipinski definition) is 0. The number of aldehydes is 1. The van der Waals surface area contributed by atoms with Crippen LogP contribution < -0.4 is 0 Å². The van der Waals surface area contributed by atoms with E-state index in [-0.39, 0.29) is 5.92 Å². The molecule has 1 nitrogen and oxygen atoms in total. The summed E-state index contributed by atoms with van der Waals surface area (Å²) in [7, 11) is 0. The van der Waals surface area contributed by atoms with E-state index >= 15 is 0 Å². The van der Waals surface area contributed by atoms with E-state index in [0.717, 1.165) is 12.7 Å². The highest BCUT2D eigenvalue weighted by atomic mass is 32.1. The molecular weight excluding hydrogens is 144 g/mol. The molecule has 1 heterocycles. The van der Waals surface area contributed by atoms with Crippen LogP contribution in [0.15, 0.2) is 16.8 Å². The Hall–Kier alpha value is -0.630. The van der Waals surface area contributed by atoms with E-state index in [1.807, 2.05) is 12.3 Å². The van der Waals surface area contributed by atoms with Crippen LogP contribution in [0.1, 0.15) is 12.5 Å². The minimum Gasteiger partial charge on any atom is -0.303 e. The Morgan fingerprint density at radius 3 is 3.10 bits per heavy atom. The molecule has 1 atom stereocenters. The molecule has 1 aromatic rings. The number of thiophene rings is 1. The van der Waals surface area contributed by atoms with Crippen LogP contribution in [0.3, 0.4) is 0 Å². The smallest absolute Gasteiger partial charge is 0.123 e. The van der Waals surface area contributed by atoms with Crippen LogP contribution in [0.4, 0.5) is 0 Å². The third-order valence-electron chi connectivity index (χ3n) is 1.37. The fourth-order valence-corrected chi connectivity index (χ4v) is 1.51. The lowest BCUT2D eigenvalue weighted by Crippen LogP contribution is -1.98. The van der Waals surface area contributed by atoms with Gasteiger partial charge in [-0.15, -0.1) is 0 Å². The lowest BCUT2D eigenvalue weighted by molar-refractivity contribution is -0.110. The molecule has 0 amide bonds. The third kappa shape index (κ3) is 1.95. The van der Waals surface area contributed by atoms with Gasteiger partial charge in [-0.2, -0.15) is 11.3 Å². The van der Waals surface area contributed by atoms with Gasteiger partial charge in [0, 0.05) is 5.92 Å². The maximum Gasteiger partial charge on any atom is 0.123 e. The molecule has 1 rings (SSSR count). The molecule has 0 aromatic carbocycles. The summed E-state index contributed by atoms with van der Waals surface area (Å²) in [4.78, 5) is 10.2. The molecule has 0 saturated heterocycles. The number of hydrogen-bond acceptors (Lipinski definition) is 2. The van der Waals surface area contributed by atoms with Crippen molar-refractivity contribution in [2.24, 2.45) is 5.92 Å². The van der Waals surface area contributed by atoms with Gasteiger partial charge in [0.1, 0.15) is 6.29 Å². The van der Waals surface area contributed by atoms with Crippen LogP contribution in [-0.2, 0) is 11.2 Å². The van der Waals surface area contributed by atoms with Gasteiger partial charge < -0.3 is 4.79 Å². The molecule has 1 unspecified atom stereocenters. The topological polar surface area (TPSA) is 17.1 Å². The van der Waals surface area contributed by atoms with Gasteiger partial charge >= 0.3 is 0 Å². The Balaban J connectivity index is 2.47. The van der Waals surface area contributed by atoms with Crippen LogP contribution in [0.25, 0.3) is 0 Å². The monoisotopic (exact) mass is 154 g/mol. The minimum atomic E-state index is 0.162. The van der Waals surface area contributed by atoms with Crippen molar-refractivity contribution < 1.29 is 4.79 Å². The maximum atomic E-state index is 10.2. The average molecular weight is 154 g/mol. The van der Waals surface area contributed by atoms with E-state index in [4.69, 9.17) is 0 Å². The van der Waals surface area contributed by atoms with Crippen LogP contribution in [-0.4, -0.2) is 6.29 Å². The van der Waals surface area contributed by atoms with Crippen molar-refractivity contribution in [1.29, 1.82) is 0 Å². The van der Waals surface area contributed by atoms with Crippen molar-refractivity contribution in [2.75, 3.05) is 0 Å². The van der Waals surface area contributed by atoms with Crippen LogP contribution >= 0.6 is 11.3 Å². The highest BCUT2D eigenvalue weighted by molar-refractivity contribution is 7.07. The van der Waals surface area contributed by atoms with Gasteiger partial charge in [-0.05, 0) is 28.8 Å². The standard InChI is InChI=1S/C8H10OS/c1-7(5-9)4-8-2-3-10-6-8/h2-3,5-7H,4H2,1H3. The molecule has 0 aliphatic heterocycles. The van der Waals surface area contributed by atoms with Crippen molar-refractivity contribution in [1.82, 2.24) is 0 Å². The fraction of sp³-hybridized carbons (Fsp3) is 0.375. The van der Waals surface area contributed by atoms with Gasteiger partial charge in [0.05, 0.1) is 0 Å². The average Bonchev–Trinajstić information content (AvgIpc) is 2.40. The summed E-state index contributed by atoms with van der Waals surface area (Å²) >= 11 is 1.68. The van der Waals surface area contributed by atoms with Crippen LogP contribution in [0.5, 0.6) is 0 Å². The summed E-state index contributed by atoms with van der Waals surface area (Å²) in [6.07, 6.45) is 1.88. The summed E-state index contributed by atoms with van der Waals surface area (Å²) in [5.41, 5.74) is 1.27. The summed E-state index contributed by atoms with van der Waals surface area (Å²) in [6.45, 7) is 1.94. The summed E-state index contributed by atoms with van der Waals surface area (Å²) < 4.78 is 0. The Labute approximate surface area is 64.7 Å². The number of carbonyl (C=O) groups is 1. The van der Waals surface area contributed by atoms with Gasteiger partial charge in [0.25, 0.3) is 0 Å². The van der Waals surface area contributed by atoms with Crippen molar-refractivity contribution in [2.45, 2.75) is 13.3 Å². The predicted molar refractivity (Wildman–Crippen MR) is 43.3 cm³/mol. The van der Waals surface area contributed by atoms with Gasteiger partial charge in [0.15, 0.2) is 0 Å². The molecular formula is C8H10OS. The zero-order valence-corrected chi connectivity index (χ0v) is 6.73. The second-order valence-electron chi connectivity index (χ2n) is 2.45. The van der Waals surface area contributed by atoms with Gasteiger partial charge in [-0.3, -0.25) is 0 Å². The molecule has 10 heavy (non-hydrogen) atoms. The van der Waals surface area contributed by atoms with E-state index in [1.165, 1.54) is 5.56 Å². The third-order valence-corrected chi connectivity index (χ3v) is 2.10. The zero-order valence-electron chi connectivity index (χ0n) is 5.91. The predicted octanol–water partition coefficient (Wildman–Crippen LogP) is 2.13. The van der Waals surface area contributed by atoms with E-state index in [0.29, 0.717) is 0 Å². The lowest BCUT2D eigenvalue weighted by atomic mass is 10.1. The molecule has 0 bridgehead atoms. The number of carbonyl (C=O) groups excluding carboxylic acids is 1. The molecule has 0 radical (unpaired) electrons. The quantitative estimate of drug-likeness (QED) is 0.609. The van der Waals surface area contributed by atoms with Crippen LogP contribution in [0.2, 0.25) is 0 Å². The van der Waals surface area contributed by atoms with Gasteiger partial charge in [-0.1, -0.05) is 6.92 Å². The minimum absolute atomic E-state index is 0.162. The molecule has 1 aromatic heterocycles. The molecule has 0 fully saturated rings. The van der Waals surface area contributed by atoms with Crippen molar-refractivity contribution in [3.05, 3.63) is 22.4 Å². The first-order chi connectivity index (χ1) is 4.83. The summed E-state index contributed by atoms with van der Waals surface area (Å²) in [5, 5.41) is 4.12.